The van der Waals surface area contributed by atoms with Crippen molar-refractivity contribution in [1.82, 2.24) is 9.80 Å². The van der Waals surface area contributed by atoms with Crippen LogP contribution in [0.25, 0.3) is 0 Å². The fourth-order valence-electron chi connectivity index (χ4n) is 5.18. The molecule has 2 unspecified atom stereocenters. The van der Waals surface area contributed by atoms with E-state index in [2.05, 4.69) is 16.5 Å². The minimum Gasteiger partial charge on any atom is -0.303 e. The van der Waals surface area contributed by atoms with E-state index in [9.17, 15) is 21.6 Å². The maximum atomic E-state index is 13.0. The Bertz CT molecular complexity index is 865. The fraction of sp³-hybridized carbons (Fsp3) is 0.739. The van der Waals surface area contributed by atoms with Gasteiger partial charge in [-0.25, -0.2) is 21.6 Å². The van der Waals surface area contributed by atoms with Gasteiger partial charge in [-0.05, 0) is 74.4 Å². The zero-order valence-corrected chi connectivity index (χ0v) is 19.5. The third-order valence-corrected chi connectivity index (χ3v) is 9.05. The van der Waals surface area contributed by atoms with Crippen LogP contribution in [-0.4, -0.2) is 68.7 Å². The van der Waals surface area contributed by atoms with E-state index < -0.39 is 15.9 Å². The van der Waals surface area contributed by atoms with Crippen molar-refractivity contribution >= 4 is 15.7 Å². The number of sulfonamides is 1. The van der Waals surface area contributed by atoms with Gasteiger partial charge in [0, 0.05) is 31.7 Å². The second-order valence-electron chi connectivity index (χ2n) is 9.75. The first-order valence-electron chi connectivity index (χ1n) is 11.8. The average molecular weight is 474 g/mol. The van der Waals surface area contributed by atoms with Crippen molar-refractivity contribution < 1.29 is 21.6 Å². The van der Waals surface area contributed by atoms with Crippen molar-refractivity contribution in [2.45, 2.75) is 50.2 Å². The summed E-state index contributed by atoms with van der Waals surface area (Å²) < 4.78 is 63.8. The summed E-state index contributed by atoms with van der Waals surface area (Å²) in [6.07, 6.45) is 3.88. The number of halogens is 3. The molecule has 2 saturated heterocycles. The molecule has 2 atom stereocenters. The van der Waals surface area contributed by atoms with Crippen molar-refractivity contribution in [3.05, 3.63) is 30.1 Å². The van der Waals surface area contributed by atoms with Crippen LogP contribution in [0.15, 0.2) is 24.3 Å². The quantitative estimate of drug-likeness (QED) is 0.619. The normalized spacial score (nSPS) is 29.3. The first kappa shape index (κ1) is 23.8. The number of hydrogen-bond donors (Lipinski definition) is 1. The Labute approximate surface area is 189 Å². The van der Waals surface area contributed by atoms with E-state index >= 15 is 0 Å². The SMILES string of the molecule is CCC1C2CN(CCCN3CCC(F)(F)C3)CC12.O=S(=O)(Nc1ccc(F)cc1)C1CC1. The summed E-state index contributed by atoms with van der Waals surface area (Å²) in [7, 11) is -3.23. The van der Waals surface area contributed by atoms with Crippen LogP contribution in [-0.2, 0) is 10.0 Å². The highest BCUT2D eigenvalue weighted by Gasteiger charge is 2.53. The van der Waals surface area contributed by atoms with E-state index in [0.717, 1.165) is 50.1 Å². The number of nitrogens with zero attached hydrogens (tertiary/aromatic N) is 2. The Morgan fingerprint density at radius 3 is 2.22 bits per heavy atom. The minimum absolute atomic E-state index is 0.0177. The van der Waals surface area contributed by atoms with Crippen molar-refractivity contribution in [2.24, 2.45) is 17.8 Å². The van der Waals surface area contributed by atoms with Crippen molar-refractivity contribution in [1.29, 1.82) is 0 Å². The maximum absolute atomic E-state index is 13.0. The molecule has 2 saturated carbocycles. The Morgan fingerprint density at radius 1 is 1.06 bits per heavy atom. The van der Waals surface area contributed by atoms with Crippen molar-refractivity contribution in [3.63, 3.8) is 0 Å². The van der Waals surface area contributed by atoms with Crippen LogP contribution in [0.4, 0.5) is 18.9 Å². The Morgan fingerprint density at radius 2 is 1.69 bits per heavy atom. The molecule has 180 valence electrons. The molecule has 32 heavy (non-hydrogen) atoms. The monoisotopic (exact) mass is 473 g/mol. The van der Waals surface area contributed by atoms with E-state index in [-0.39, 0.29) is 24.0 Å². The summed E-state index contributed by atoms with van der Waals surface area (Å²) in [6, 6.07) is 5.28. The molecule has 0 spiro atoms. The standard InChI is InChI=1S/C14H24F2N2.C9H10FNO2S/c1-2-11-12-8-18(9-13(11)12)6-3-5-17-7-4-14(15,16)10-17;10-7-1-3-8(4-2-7)11-14(12,13)9-5-6-9/h11-13H,2-10H2,1H3;1-4,9,11H,5-6H2. The van der Waals surface area contributed by atoms with Crippen LogP contribution < -0.4 is 4.72 Å². The smallest absolute Gasteiger partial charge is 0.261 e. The predicted molar refractivity (Wildman–Crippen MR) is 120 cm³/mol. The third-order valence-electron chi connectivity index (χ3n) is 7.18. The van der Waals surface area contributed by atoms with Crippen LogP contribution in [0.5, 0.6) is 0 Å². The summed E-state index contributed by atoms with van der Waals surface area (Å²) >= 11 is 0. The first-order chi connectivity index (χ1) is 15.2. The molecular formula is C23H34F3N3O2S. The fourth-order valence-corrected chi connectivity index (χ4v) is 6.57. The molecule has 2 aliphatic heterocycles. The van der Waals surface area contributed by atoms with Gasteiger partial charge in [-0.2, -0.15) is 0 Å². The van der Waals surface area contributed by atoms with Gasteiger partial charge in [-0.3, -0.25) is 9.62 Å². The lowest BCUT2D eigenvalue weighted by Gasteiger charge is -2.21. The van der Waals surface area contributed by atoms with Gasteiger partial charge < -0.3 is 4.90 Å². The number of piperidine rings is 1. The number of nitrogens with one attached hydrogen (secondary N) is 1. The molecule has 4 aliphatic rings. The lowest BCUT2D eigenvalue weighted by atomic mass is 10.2. The molecule has 1 aromatic rings. The second-order valence-corrected chi connectivity index (χ2v) is 11.7. The van der Waals surface area contributed by atoms with E-state index in [4.69, 9.17) is 0 Å². The van der Waals surface area contributed by atoms with E-state index in [1.165, 1.54) is 43.8 Å². The highest BCUT2D eigenvalue weighted by atomic mass is 32.2. The summed E-state index contributed by atoms with van der Waals surface area (Å²) in [5.74, 6) is 0.124. The summed E-state index contributed by atoms with van der Waals surface area (Å²) in [5, 5.41) is -0.257. The number of likely N-dealkylation sites (tertiary alicyclic amines) is 2. The van der Waals surface area contributed by atoms with E-state index in [0.29, 0.717) is 12.2 Å². The third kappa shape index (κ3) is 6.17. The number of rotatable bonds is 8. The molecule has 9 heteroatoms. The number of alkyl halides is 2. The summed E-state index contributed by atoms with van der Waals surface area (Å²) in [4.78, 5) is 4.46. The molecular weight excluding hydrogens is 439 g/mol. The van der Waals surface area contributed by atoms with Crippen LogP contribution in [0.3, 0.4) is 0 Å². The zero-order valence-electron chi connectivity index (χ0n) is 18.7. The Kier molecular flexibility index (Phi) is 7.08. The molecule has 5 nitrogen and oxygen atoms in total. The molecule has 1 aromatic carbocycles. The molecule has 0 aromatic heterocycles. The number of anilines is 1. The van der Waals surface area contributed by atoms with Gasteiger partial charge in [0.1, 0.15) is 5.82 Å². The molecule has 1 N–H and O–H groups in total. The Hall–Kier alpha value is -1.32. The van der Waals surface area contributed by atoms with Crippen molar-refractivity contribution in [2.75, 3.05) is 44.0 Å². The molecule has 2 aliphatic carbocycles. The van der Waals surface area contributed by atoms with Gasteiger partial charge in [0.25, 0.3) is 5.92 Å². The van der Waals surface area contributed by atoms with Crippen LogP contribution in [0, 0.1) is 23.6 Å². The molecule has 2 heterocycles. The summed E-state index contributed by atoms with van der Waals surface area (Å²) in [5.41, 5.74) is 0.415. The van der Waals surface area contributed by atoms with Gasteiger partial charge in [0.2, 0.25) is 10.0 Å². The zero-order chi connectivity index (χ0) is 22.9. The highest BCUT2D eigenvalue weighted by molar-refractivity contribution is 7.93. The molecule has 5 rings (SSSR count). The Balaban J connectivity index is 0.000000158. The number of fused-ring (bicyclic) bond motifs is 1. The molecule has 0 bridgehead atoms. The van der Waals surface area contributed by atoms with E-state index in [1.54, 1.807) is 0 Å². The van der Waals surface area contributed by atoms with Crippen LogP contribution in [0.1, 0.15) is 39.0 Å². The molecule has 4 fully saturated rings. The molecule has 0 radical (unpaired) electrons. The number of hydrogen-bond acceptors (Lipinski definition) is 4. The van der Waals surface area contributed by atoms with Crippen molar-refractivity contribution in [3.8, 4) is 0 Å². The van der Waals surface area contributed by atoms with Crippen LogP contribution >= 0.6 is 0 Å². The minimum atomic E-state index is -3.23. The topological polar surface area (TPSA) is 52.7 Å². The second kappa shape index (κ2) is 9.50. The van der Waals surface area contributed by atoms with Gasteiger partial charge in [-0.1, -0.05) is 13.3 Å². The molecule has 0 amide bonds. The number of benzene rings is 1. The summed E-state index contributed by atoms with van der Waals surface area (Å²) in [6.45, 7) is 7.33. The lowest BCUT2D eigenvalue weighted by molar-refractivity contribution is 0.0119. The van der Waals surface area contributed by atoms with E-state index in [1.807, 2.05) is 4.90 Å². The highest BCUT2D eigenvalue weighted by Crippen LogP contribution is 2.53. The predicted octanol–water partition coefficient (Wildman–Crippen LogP) is 4.04. The average Bonchev–Trinajstić information content (AvgIpc) is 3.63. The van der Waals surface area contributed by atoms with Gasteiger partial charge >= 0.3 is 0 Å². The van der Waals surface area contributed by atoms with Gasteiger partial charge in [0.05, 0.1) is 11.8 Å². The van der Waals surface area contributed by atoms with Gasteiger partial charge in [0.15, 0.2) is 0 Å². The first-order valence-corrected chi connectivity index (χ1v) is 13.3. The van der Waals surface area contributed by atoms with Crippen LogP contribution in [0.2, 0.25) is 0 Å². The maximum Gasteiger partial charge on any atom is 0.261 e. The lowest BCUT2D eigenvalue weighted by Crippen LogP contribution is -2.31. The van der Waals surface area contributed by atoms with Gasteiger partial charge in [-0.15, -0.1) is 0 Å². The largest absolute Gasteiger partial charge is 0.303 e.